The summed E-state index contributed by atoms with van der Waals surface area (Å²) in [5, 5.41) is 11.1. The van der Waals surface area contributed by atoms with Gasteiger partial charge >= 0.3 is 0 Å². The van der Waals surface area contributed by atoms with Crippen molar-refractivity contribution in [2.24, 2.45) is 10.7 Å². The first-order chi connectivity index (χ1) is 14.2. The Morgan fingerprint density at radius 2 is 2.07 bits per heavy atom. The van der Waals surface area contributed by atoms with Crippen LogP contribution in [0.15, 0.2) is 35.5 Å². The molecule has 1 amide bonds. The van der Waals surface area contributed by atoms with Crippen molar-refractivity contribution in [2.45, 2.75) is 19.4 Å². The molecule has 1 aromatic carbocycles. The van der Waals surface area contributed by atoms with Gasteiger partial charge in [-0.1, -0.05) is 0 Å². The van der Waals surface area contributed by atoms with E-state index in [9.17, 15) is 22.4 Å². The first-order valence-electron chi connectivity index (χ1n) is 8.52. The van der Waals surface area contributed by atoms with Gasteiger partial charge in [0.05, 0.1) is 12.2 Å². The number of nitrogens with zero attached hydrogens (tertiary/aromatic N) is 3. The van der Waals surface area contributed by atoms with Crippen molar-refractivity contribution in [1.82, 2.24) is 4.98 Å². The van der Waals surface area contributed by atoms with Crippen LogP contribution in [0.5, 0.6) is 0 Å². The Kier molecular flexibility index (Phi) is 7.83. The van der Waals surface area contributed by atoms with E-state index in [0.29, 0.717) is 11.1 Å². The summed E-state index contributed by atoms with van der Waals surface area (Å²) in [5.41, 5.74) is 6.26. The maximum absolute atomic E-state index is 13.0. The highest BCUT2D eigenvalue weighted by atomic mass is 19.3. The number of rotatable bonds is 3. The number of aliphatic imine (C=N–C) groups is 1. The molecule has 158 valence electrons. The van der Waals surface area contributed by atoms with Crippen molar-refractivity contribution < 1.29 is 27.1 Å². The lowest BCUT2D eigenvalue weighted by molar-refractivity contribution is 0.0505. The van der Waals surface area contributed by atoms with Crippen LogP contribution in [0.3, 0.4) is 0 Å². The summed E-state index contributed by atoms with van der Waals surface area (Å²) in [6.07, 6.45) is -1.20. The number of nitrogens with two attached hydrogens (primary N) is 1. The third-order valence-corrected chi connectivity index (χ3v) is 3.76. The summed E-state index contributed by atoms with van der Waals surface area (Å²) in [7, 11) is 0. The van der Waals surface area contributed by atoms with Crippen LogP contribution in [-0.2, 0) is 4.74 Å². The molecule has 30 heavy (non-hydrogen) atoms. The topological polar surface area (TPSA) is 113 Å². The highest BCUT2D eigenvalue weighted by Gasteiger charge is 2.22. The van der Waals surface area contributed by atoms with Crippen molar-refractivity contribution in [3.8, 4) is 6.07 Å². The maximum atomic E-state index is 13.0. The molecule has 1 atom stereocenters. The third-order valence-electron chi connectivity index (χ3n) is 3.76. The summed E-state index contributed by atoms with van der Waals surface area (Å²) in [6, 6.07) is 5.42. The number of alkyl halides is 2. The highest BCUT2D eigenvalue weighted by molar-refractivity contribution is 6.03. The van der Waals surface area contributed by atoms with E-state index in [0.717, 1.165) is 12.1 Å². The molecule has 3 rings (SSSR count). The molecule has 2 aromatic rings. The van der Waals surface area contributed by atoms with Crippen molar-refractivity contribution >= 4 is 17.4 Å². The number of ether oxygens (including phenoxy) is 1. The number of carbonyl (C=O) groups excluding carboxylic acids is 1. The molecule has 3 N–H and O–H groups in total. The molecule has 1 unspecified atom stereocenters. The minimum atomic E-state index is -2.47. The summed E-state index contributed by atoms with van der Waals surface area (Å²) in [6.45, 7) is 1.77. The van der Waals surface area contributed by atoms with Crippen LogP contribution >= 0.6 is 0 Å². The Labute approximate surface area is 169 Å². The predicted molar refractivity (Wildman–Crippen MR) is 100 cm³/mol. The van der Waals surface area contributed by atoms with E-state index in [2.05, 4.69) is 15.3 Å². The lowest BCUT2D eigenvalue weighted by Crippen LogP contribution is -2.34. The van der Waals surface area contributed by atoms with Crippen LogP contribution in [0.25, 0.3) is 0 Å². The molecule has 0 aliphatic carbocycles. The molecule has 1 aromatic heterocycles. The van der Waals surface area contributed by atoms with Gasteiger partial charge in [-0.15, -0.1) is 0 Å². The molecule has 0 saturated carbocycles. The lowest BCUT2D eigenvalue weighted by Gasteiger charge is -2.17. The SMILES string of the molecule is Cc1cc(C#N)cnc1C(=O)Nc1ccc(F)c(F)c1.NC1=NC(C(F)F)COC1. The average Bonchev–Trinajstić information content (AvgIpc) is 2.71. The van der Waals surface area contributed by atoms with E-state index in [1.54, 1.807) is 6.92 Å². The summed E-state index contributed by atoms with van der Waals surface area (Å²) < 4.78 is 54.2. The molecule has 11 heteroatoms. The zero-order chi connectivity index (χ0) is 22.3. The zero-order valence-corrected chi connectivity index (χ0v) is 15.7. The Morgan fingerprint density at radius 3 is 2.60 bits per heavy atom. The van der Waals surface area contributed by atoms with Crippen molar-refractivity contribution in [3.63, 3.8) is 0 Å². The Hall–Kier alpha value is -3.52. The molecular weight excluding hydrogens is 406 g/mol. The number of nitrogens with one attached hydrogen (secondary N) is 1. The molecule has 0 spiro atoms. The van der Waals surface area contributed by atoms with Gasteiger partial charge in [-0.05, 0) is 30.7 Å². The average molecular weight is 423 g/mol. The normalized spacial score (nSPS) is 15.5. The monoisotopic (exact) mass is 423 g/mol. The van der Waals surface area contributed by atoms with Crippen molar-refractivity contribution in [2.75, 3.05) is 18.5 Å². The molecule has 0 saturated heterocycles. The fourth-order valence-electron chi connectivity index (χ4n) is 2.34. The summed E-state index contributed by atoms with van der Waals surface area (Å²) >= 11 is 0. The van der Waals surface area contributed by atoms with E-state index >= 15 is 0 Å². The van der Waals surface area contributed by atoms with Gasteiger partial charge in [0.2, 0.25) is 0 Å². The van der Waals surface area contributed by atoms with Crippen LogP contribution in [-0.4, -0.2) is 42.4 Å². The number of nitriles is 1. The second-order valence-corrected chi connectivity index (χ2v) is 6.12. The van der Waals surface area contributed by atoms with Crippen molar-refractivity contribution in [3.05, 3.63) is 58.9 Å². The fourth-order valence-corrected chi connectivity index (χ4v) is 2.34. The minimum Gasteiger partial charge on any atom is -0.386 e. The van der Waals surface area contributed by atoms with Gasteiger partial charge in [-0.3, -0.25) is 9.79 Å². The maximum Gasteiger partial charge on any atom is 0.274 e. The van der Waals surface area contributed by atoms with Gasteiger partial charge in [0.15, 0.2) is 11.6 Å². The smallest absolute Gasteiger partial charge is 0.274 e. The number of hydrogen-bond donors (Lipinski definition) is 2. The predicted octanol–water partition coefficient (Wildman–Crippen LogP) is 2.80. The second kappa shape index (κ2) is 10.3. The third kappa shape index (κ3) is 6.25. The molecule has 0 fully saturated rings. The highest BCUT2D eigenvalue weighted by Crippen LogP contribution is 2.15. The standard InChI is InChI=1S/C14H9F2N3O.C5H8F2N2O/c1-8-4-9(6-17)7-18-13(8)14(20)19-10-2-3-11(15)12(16)5-10;6-5(7)3-1-10-2-4(8)9-3/h2-5,7H,1H3,(H,19,20);3,5H,1-2H2,(H2,8,9). The fraction of sp³-hybridized carbons (Fsp3) is 0.263. The number of benzene rings is 1. The molecule has 2 heterocycles. The lowest BCUT2D eigenvalue weighted by atomic mass is 10.1. The number of carbonyl (C=O) groups is 1. The van der Waals surface area contributed by atoms with Gasteiger partial charge in [0.25, 0.3) is 12.3 Å². The van der Waals surface area contributed by atoms with Crippen LogP contribution in [0, 0.1) is 29.9 Å². The first kappa shape index (κ1) is 22.8. The number of halogens is 4. The van der Waals surface area contributed by atoms with E-state index in [1.165, 1.54) is 18.3 Å². The Bertz CT molecular complexity index is 991. The van der Waals surface area contributed by atoms with Crippen molar-refractivity contribution in [1.29, 1.82) is 5.26 Å². The second-order valence-electron chi connectivity index (χ2n) is 6.12. The molecular formula is C19H17F4N5O2. The van der Waals surface area contributed by atoms with Gasteiger partial charge in [-0.2, -0.15) is 5.26 Å². The number of aryl methyl sites for hydroxylation is 1. The Morgan fingerprint density at radius 1 is 1.33 bits per heavy atom. The largest absolute Gasteiger partial charge is 0.386 e. The summed E-state index contributed by atoms with van der Waals surface area (Å²) in [4.78, 5) is 19.3. The number of pyridine rings is 1. The van der Waals surface area contributed by atoms with Crippen LogP contribution < -0.4 is 11.1 Å². The quantitative estimate of drug-likeness (QED) is 0.737. The van der Waals surface area contributed by atoms with E-state index < -0.39 is 30.0 Å². The van der Waals surface area contributed by atoms with Crippen LogP contribution in [0.2, 0.25) is 0 Å². The van der Waals surface area contributed by atoms with E-state index in [-0.39, 0.29) is 30.4 Å². The molecule has 1 aliphatic heterocycles. The van der Waals surface area contributed by atoms with Gasteiger partial charge in [-0.25, -0.2) is 22.5 Å². The molecule has 0 bridgehead atoms. The number of anilines is 1. The van der Waals surface area contributed by atoms with Crippen LogP contribution in [0.4, 0.5) is 23.2 Å². The minimum absolute atomic E-state index is 0.0294. The van der Waals surface area contributed by atoms with E-state index in [4.69, 9.17) is 15.7 Å². The molecule has 1 aliphatic rings. The van der Waals surface area contributed by atoms with Gasteiger partial charge in [0, 0.05) is 18.0 Å². The van der Waals surface area contributed by atoms with Crippen LogP contribution in [0.1, 0.15) is 21.6 Å². The summed E-state index contributed by atoms with van der Waals surface area (Å²) in [5.74, 6) is -2.45. The Balaban J connectivity index is 0.000000269. The number of amides is 1. The first-order valence-corrected chi connectivity index (χ1v) is 8.52. The zero-order valence-electron chi connectivity index (χ0n) is 15.7. The van der Waals surface area contributed by atoms with Gasteiger partial charge < -0.3 is 15.8 Å². The van der Waals surface area contributed by atoms with Gasteiger partial charge in [0.1, 0.15) is 30.2 Å². The van der Waals surface area contributed by atoms with E-state index in [1.807, 2.05) is 6.07 Å². The molecule has 7 nitrogen and oxygen atoms in total. The number of amidine groups is 1. The number of hydrogen-bond acceptors (Lipinski definition) is 6. The number of aromatic nitrogens is 1. The molecule has 0 radical (unpaired) electrons.